The van der Waals surface area contributed by atoms with Crippen LogP contribution in [-0.4, -0.2) is 47.7 Å². The van der Waals surface area contributed by atoms with Crippen LogP contribution in [0.5, 0.6) is 0 Å². The lowest BCUT2D eigenvalue weighted by Crippen LogP contribution is -2.40. The van der Waals surface area contributed by atoms with Gasteiger partial charge in [-0.1, -0.05) is 17.2 Å². The topological polar surface area (TPSA) is 66.8 Å². The molecular weight excluding hydrogens is 258 g/mol. The standard InChI is InChI=1S/C15H19NO4/c1-9-4-10(2)6-11(5-9)14(17)16-8-12(20-3)7-13(16)15(18)19/h4-6,12-13H,7-8H2,1-3H3,(H,18,19). The largest absolute Gasteiger partial charge is 0.480 e. The molecule has 5 nitrogen and oxygen atoms in total. The van der Waals surface area contributed by atoms with Crippen molar-refractivity contribution in [2.45, 2.75) is 32.4 Å². The van der Waals surface area contributed by atoms with Crippen molar-refractivity contribution in [3.8, 4) is 0 Å². The van der Waals surface area contributed by atoms with Gasteiger partial charge in [0.15, 0.2) is 0 Å². The molecule has 0 aromatic heterocycles. The molecule has 1 saturated heterocycles. The Hall–Kier alpha value is -1.88. The molecule has 0 bridgehead atoms. The second-order valence-electron chi connectivity index (χ2n) is 5.28. The van der Waals surface area contributed by atoms with Gasteiger partial charge in [0.2, 0.25) is 0 Å². The summed E-state index contributed by atoms with van der Waals surface area (Å²) in [6, 6.07) is 4.74. The number of methoxy groups -OCH3 is 1. The van der Waals surface area contributed by atoms with Gasteiger partial charge in [0.05, 0.1) is 6.10 Å². The number of rotatable bonds is 3. The van der Waals surface area contributed by atoms with E-state index in [1.54, 1.807) is 12.1 Å². The minimum Gasteiger partial charge on any atom is -0.480 e. The highest BCUT2D eigenvalue weighted by atomic mass is 16.5. The number of carbonyl (C=O) groups excluding carboxylic acids is 1. The van der Waals surface area contributed by atoms with Crippen LogP contribution in [0.2, 0.25) is 0 Å². The van der Waals surface area contributed by atoms with Crippen LogP contribution in [0.15, 0.2) is 18.2 Å². The van der Waals surface area contributed by atoms with Gasteiger partial charge in [-0.2, -0.15) is 0 Å². The fraction of sp³-hybridized carbons (Fsp3) is 0.467. The summed E-state index contributed by atoms with van der Waals surface area (Å²) in [6.07, 6.45) is 0.119. The molecule has 1 aliphatic rings. The molecule has 1 N–H and O–H groups in total. The second-order valence-corrected chi connectivity index (χ2v) is 5.28. The number of amides is 1. The summed E-state index contributed by atoms with van der Waals surface area (Å²) in [4.78, 5) is 25.2. The van der Waals surface area contributed by atoms with Crippen LogP contribution >= 0.6 is 0 Å². The SMILES string of the molecule is COC1CC(C(=O)O)N(C(=O)c2cc(C)cc(C)c2)C1. The normalized spacial score (nSPS) is 22.1. The van der Waals surface area contributed by atoms with Gasteiger partial charge < -0.3 is 14.7 Å². The van der Waals surface area contributed by atoms with Crippen molar-refractivity contribution in [3.05, 3.63) is 34.9 Å². The maximum Gasteiger partial charge on any atom is 0.326 e. The Labute approximate surface area is 118 Å². The van der Waals surface area contributed by atoms with Gasteiger partial charge in [0.1, 0.15) is 6.04 Å². The van der Waals surface area contributed by atoms with E-state index in [-0.39, 0.29) is 12.0 Å². The number of likely N-dealkylation sites (tertiary alicyclic amines) is 1. The van der Waals surface area contributed by atoms with Crippen LogP contribution in [0.1, 0.15) is 27.9 Å². The number of aliphatic carboxylic acids is 1. The lowest BCUT2D eigenvalue weighted by Gasteiger charge is -2.21. The van der Waals surface area contributed by atoms with Gasteiger partial charge in [0, 0.05) is 25.6 Å². The van der Waals surface area contributed by atoms with Crippen LogP contribution in [0.25, 0.3) is 0 Å². The number of aryl methyl sites for hydroxylation is 2. The molecule has 0 aliphatic carbocycles. The summed E-state index contributed by atoms with van der Waals surface area (Å²) < 4.78 is 5.20. The number of hydrogen-bond donors (Lipinski definition) is 1. The molecule has 0 saturated carbocycles. The van der Waals surface area contributed by atoms with Gasteiger partial charge in [-0.05, 0) is 26.0 Å². The fourth-order valence-electron chi connectivity index (χ4n) is 2.69. The van der Waals surface area contributed by atoms with E-state index in [9.17, 15) is 14.7 Å². The Bertz CT molecular complexity index is 520. The zero-order valence-electron chi connectivity index (χ0n) is 11.9. The Morgan fingerprint density at radius 3 is 2.35 bits per heavy atom. The minimum atomic E-state index is -0.984. The highest BCUT2D eigenvalue weighted by Crippen LogP contribution is 2.23. The van der Waals surface area contributed by atoms with E-state index in [0.29, 0.717) is 18.5 Å². The van der Waals surface area contributed by atoms with Crippen molar-refractivity contribution in [1.82, 2.24) is 4.90 Å². The molecule has 2 atom stereocenters. The zero-order valence-corrected chi connectivity index (χ0v) is 11.9. The molecule has 1 aromatic rings. The van der Waals surface area contributed by atoms with Gasteiger partial charge in [-0.15, -0.1) is 0 Å². The van der Waals surface area contributed by atoms with E-state index in [0.717, 1.165) is 11.1 Å². The molecule has 0 radical (unpaired) electrons. The van der Waals surface area contributed by atoms with Gasteiger partial charge >= 0.3 is 5.97 Å². The molecular formula is C15H19NO4. The molecule has 1 amide bonds. The van der Waals surface area contributed by atoms with Crippen LogP contribution in [0.3, 0.4) is 0 Å². The number of carbonyl (C=O) groups is 2. The smallest absolute Gasteiger partial charge is 0.326 e. The number of carboxylic acids is 1. The van der Waals surface area contributed by atoms with Gasteiger partial charge in [0.25, 0.3) is 5.91 Å². The van der Waals surface area contributed by atoms with E-state index in [1.165, 1.54) is 12.0 Å². The predicted octanol–water partition coefficient (Wildman–Crippen LogP) is 1.62. The van der Waals surface area contributed by atoms with E-state index >= 15 is 0 Å². The van der Waals surface area contributed by atoms with Gasteiger partial charge in [-0.25, -0.2) is 4.79 Å². The van der Waals surface area contributed by atoms with Crippen molar-refractivity contribution in [1.29, 1.82) is 0 Å². The van der Waals surface area contributed by atoms with Crippen molar-refractivity contribution in [2.24, 2.45) is 0 Å². The van der Waals surface area contributed by atoms with E-state index in [1.807, 2.05) is 19.9 Å². The molecule has 20 heavy (non-hydrogen) atoms. The molecule has 1 heterocycles. The number of hydrogen-bond acceptors (Lipinski definition) is 3. The summed E-state index contributed by atoms with van der Waals surface area (Å²) >= 11 is 0. The third kappa shape index (κ3) is 2.82. The minimum absolute atomic E-state index is 0.217. The maximum atomic E-state index is 12.5. The van der Waals surface area contributed by atoms with Crippen LogP contribution < -0.4 is 0 Å². The molecule has 2 unspecified atom stereocenters. The van der Waals surface area contributed by atoms with Crippen molar-refractivity contribution >= 4 is 11.9 Å². The molecule has 108 valence electrons. The third-order valence-corrected chi connectivity index (χ3v) is 3.61. The summed E-state index contributed by atoms with van der Waals surface area (Å²) in [6.45, 7) is 4.15. The Kier molecular flexibility index (Phi) is 4.09. The van der Waals surface area contributed by atoms with Crippen LogP contribution in [0.4, 0.5) is 0 Å². The van der Waals surface area contributed by atoms with Gasteiger partial charge in [-0.3, -0.25) is 4.79 Å². The van der Waals surface area contributed by atoms with Crippen LogP contribution in [0, 0.1) is 13.8 Å². The van der Waals surface area contributed by atoms with Crippen molar-refractivity contribution < 1.29 is 19.4 Å². The Balaban J connectivity index is 2.28. The van der Waals surface area contributed by atoms with E-state index in [2.05, 4.69) is 0 Å². The molecule has 1 aliphatic heterocycles. The predicted molar refractivity (Wildman–Crippen MR) is 73.8 cm³/mol. The Morgan fingerprint density at radius 1 is 1.25 bits per heavy atom. The van der Waals surface area contributed by atoms with Crippen LogP contribution in [-0.2, 0) is 9.53 Å². The lowest BCUT2D eigenvalue weighted by atomic mass is 10.1. The molecule has 1 fully saturated rings. The first-order chi connectivity index (χ1) is 9.42. The van der Waals surface area contributed by atoms with E-state index in [4.69, 9.17) is 4.74 Å². The maximum absolute atomic E-state index is 12.5. The second kappa shape index (κ2) is 5.63. The first-order valence-corrected chi connectivity index (χ1v) is 6.57. The number of ether oxygens (including phenoxy) is 1. The summed E-state index contributed by atoms with van der Waals surface area (Å²) in [5.74, 6) is -1.23. The number of carboxylic acid groups (broad SMARTS) is 1. The highest BCUT2D eigenvalue weighted by Gasteiger charge is 2.40. The van der Waals surface area contributed by atoms with Crippen molar-refractivity contribution in [3.63, 3.8) is 0 Å². The quantitative estimate of drug-likeness (QED) is 0.911. The average molecular weight is 277 g/mol. The number of nitrogens with zero attached hydrogens (tertiary/aromatic N) is 1. The molecule has 1 aromatic carbocycles. The first-order valence-electron chi connectivity index (χ1n) is 6.57. The molecule has 0 spiro atoms. The monoisotopic (exact) mass is 277 g/mol. The van der Waals surface area contributed by atoms with E-state index < -0.39 is 12.0 Å². The molecule has 5 heteroatoms. The Morgan fingerprint density at radius 2 is 1.85 bits per heavy atom. The first kappa shape index (κ1) is 14.5. The fourth-order valence-corrected chi connectivity index (χ4v) is 2.69. The lowest BCUT2D eigenvalue weighted by molar-refractivity contribution is -0.141. The number of benzene rings is 1. The summed E-state index contributed by atoms with van der Waals surface area (Å²) in [5.41, 5.74) is 2.51. The third-order valence-electron chi connectivity index (χ3n) is 3.61. The van der Waals surface area contributed by atoms with Crippen molar-refractivity contribution in [2.75, 3.05) is 13.7 Å². The molecule has 2 rings (SSSR count). The highest BCUT2D eigenvalue weighted by molar-refractivity contribution is 5.97. The summed E-state index contributed by atoms with van der Waals surface area (Å²) in [7, 11) is 1.54. The zero-order chi connectivity index (χ0) is 14.9. The average Bonchev–Trinajstić information content (AvgIpc) is 2.81. The summed E-state index contributed by atoms with van der Waals surface area (Å²) in [5, 5.41) is 9.25.